The second-order valence-electron chi connectivity index (χ2n) is 3.55. The number of carbonyl (C=O) groups excluding carboxylic acids is 1. The van der Waals surface area contributed by atoms with E-state index in [0.29, 0.717) is 19.6 Å². The average Bonchev–Trinajstić information content (AvgIpc) is 2.31. The van der Waals surface area contributed by atoms with Gasteiger partial charge in [-0.3, -0.25) is 4.79 Å². The standard InChI is InChI=1S/C7H9NO3.C4H10O/c9-4-6-5(7(10)11)2-1-3-8-6;1-2-3-4-5/h5,8H,1-3H2,(H,10,11);5H,2-4H2,1H3. The highest BCUT2D eigenvalue weighted by atomic mass is 16.4. The first-order chi connectivity index (χ1) is 7.67. The molecule has 1 saturated heterocycles. The summed E-state index contributed by atoms with van der Waals surface area (Å²) in [6.45, 7) is 3.07. The second kappa shape index (κ2) is 8.95. The molecule has 92 valence electrons. The zero-order valence-corrected chi connectivity index (χ0v) is 9.53. The van der Waals surface area contributed by atoms with Gasteiger partial charge in [-0.25, -0.2) is 4.79 Å². The van der Waals surface area contributed by atoms with E-state index < -0.39 is 11.9 Å². The Morgan fingerprint density at radius 2 is 2.31 bits per heavy atom. The molecule has 5 heteroatoms. The number of nitrogens with one attached hydrogen (secondary N) is 1. The summed E-state index contributed by atoms with van der Waals surface area (Å²) in [5.74, 6) is -0.00403. The highest BCUT2D eigenvalue weighted by molar-refractivity contribution is 5.77. The summed E-state index contributed by atoms with van der Waals surface area (Å²) in [7, 11) is 0. The lowest BCUT2D eigenvalue weighted by atomic mass is 9.97. The minimum absolute atomic E-state index is 0.184. The monoisotopic (exact) mass is 229 g/mol. The Morgan fingerprint density at radius 3 is 2.62 bits per heavy atom. The first kappa shape index (κ1) is 14.7. The van der Waals surface area contributed by atoms with Crippen molar-refractivity contribution in [2.45, 2.75) is 32.6 Å². The fourth-order valence-electron chi connectivity index (χ4n) is 1.31. The van der Waals surface area contributed by atoms with Crippen molar-refractivity contribution < 1.29 is 19.8 Å². The summed E-state index contributed by atoms with van der Waals surface area (Å²) in [5, 5.41) is 19.4. The van der Waals surface area contributed by atoms with Crippen LogP contribution in [-0.4, -0.2) is 35.3 Å². The molecule has 1 unspecified atom stereocenters. The van der Waals surface area contributed by atoms with E-state index in [2.05, 4.69) is 12.2 Å². The molecule has 1 aliphatic rings. The fourth-order valence-corrected chi connectivity index (χ4v) is 1.31. The number of piperidine rings is 1. The molecule has 0 amide bonds. The lowest BCUT2D eigenvalue weighted by Crippen LogP contribution is -2.32. The van der Waals surface area contributed by atoms with E-state index in [-0.39, 0.29) is 5.70 Å². The topological polar surface area (TPSA) is 86.6 Å². The summed E-state index contributed by atoms with van der Waals surface area (Å²) >= 11 is 0. The Balaban J connectivity index is 0.000000385. The largest absolute Gasteiger partial charge is 0.481 e. The van der Waals surface area contributed by atoms with Crippen LogP contribution in [0.3, 0.4) is 0 Å². The van der Waals surface area contributed by atoms with Crippen LogP contribution in [0.25, 0.3) is 0 Å². The molecule has 0 aromatic rings. The van der Waals surface area contributed by atoms with Crippen molar-refractivity contribution in [2.75, 3.05) is 13.2 Å². The van der Waals surface area contributed by atoms with Crippen LogP contribution in [-0.2, 0) is 9.59 Å². The number of rotatable bonds is 3. The quantitative estimate of drug-likeness (QED) is 0.616. The normalized spacial score (nSPS) is 18.9. The molecule has 1 rings (SSSR count). The SMILES string of the molecule is CCCCO.O=C=C1NCCCC1C(=O)O. The number of hydrogen-bond donors (Lipinski definition) is 3. The first-order valence-corrected chi connectivity index (χ1v) is 5.49. The van der Waals surface area contributed by atoms with Crippen LogP contribution in [0.2, 0.25) is 0 Å². The third kappa shape index (κ3) is 5.53. The molecule has 0 bridgehead atoms. The van der Waals surface area contributed by atoms with Crippen LogP contribution in [0.15, 0.2) is 5.70 Å². The van der Waals surface area contributed by atoms with Gasteiger partial charge in [0.1, 0.15) is 17.6 Å². The lowest BCUT2D eigenvalue weighted by molar-refractivity contribution is -0.141. The van der Waals surface area contributed by atoms with Crippen LogP contribution >= 0.6 is 0 Å². The molecular weight excluding hydrogens is 210 g/mol. The van der Waals surface area contributed by atoms with Crippen LogP contribution in [0.4, 0.5) is 0 Å². The number of aliphatic hydroxyl groups is 1. The van der Waals surface area contributed by atoms with Gasteiger partial charge in [0.15, 0.2) is 0 Å². The van der Waals surface area contributed by atoms with E-state index in [1.165, 1.54) is 0 Å². The fraction of sp³-hybridized carbons (Fsp3) is 0.727. The van der Waals surface area contributed by atoms with E-state index in [9.17, 15) is 9.59 Å². The molecule has 0 aromatic heterocycles. The minimum Gasteiger partial charge on any atom is -0.481 e. The Bertz CT molecular complexity index is 257. The van der Waals surface area contributed by atoms with Crippen molar-refractivity contribution in [2.24, 2.45) is 5.92 Å². The maximum atomic E-state index is 10.5. The van der Waals surface area contributed by atoms with Gasteiger partial charge in [-0.2, -0.15) is 0 Å². The molecule has 1 fully saturated rings. The number of aliphatic carboxylic acids is 1. The van der Waals surface area contributed by atoms with Gasteiger partial charge < -0.3 is 15.5 Å². The van der Waals surface area contributed by atoms with Gasteiger partial charge in [0.25, 0.3) is 0 Å². The predicted molar refractivity (Wildman–Crippen MR) is 59.6 cm³/mol. The summed E-state index contributed by atoms with van der Waals surface area (Å²) in [6.07, 6.45) is 3.37. The van der Waals surface area contributed by atoms with E-state index in [4.69, 9.17) is 10.2 Å². The van der Waals surface area contributed by atoms with Crippen molar-refractivity contribution in [1.82, 2.24) is 5.32 Å². The second-order valence-corrected chi connectivity index (χ2v) is 3.55. The van der Waals surface area contributed by atoms with E-state index >= 15 is 0 Å². The molecule has 0 aromatic carbocycles. The van der Waals surface area contributed by atoms with Crippen LogP contribution in [0, 0.1) is 5.92 Å². The number of unbranched alkanes of at least 4 members (excludes halogenated alkanes) is 1. The number of hydrogen-bond acceptors (Lipinski definition) is 4. The summed E-state index contributed by atoms with van der Waals surface area (Å²) in [6, 6.07) is 0. The third-order valence-corrected chi connectivity index (χ3v) is 2.25. The van der Waals surface area contributed by atoms with Crippen molar-refractivity contribution in [1.29, 1.82) is 0 Å². The van der Waals surface area contributed by atoms with E-state index in [1.54, 1.807) is 5.94 Å². The van der Waals surface area contributed by atoms with Crippen LogP contribution < -0.4 is 5.32 Å². The van der Waals surface area contributed by atoms with Crippen molar-refractivity contribution in [3.05, 3.63) is 5.70 Å². The summed E-state index contributed by atoms with van der Waals surface area (Å²) < 4.78 is 0. The predicted octanol–water partition coefficient (Wildman–Crippen LogP) is 0.565. The van der Waals surface area contributed by atoms with Gasteiger partial charge in [-0.15, -0.1) is 0 Å². The molecule has 0 radical (unpaired) electrons. The number of aliphatic hydroxyl groups excluding tert-OH is 1. The average molecular weight is 229 g/mol. The number of carboxylic acids is 1. The molecule has 16 heavy (non-hydrogen) atoms. The van der Waals surface area contributed by atoms with Gasteiger partial charge in [0, 0.05) is 13.2 Å². The zero-order valence-electron chi connectivity index (χ0n) is 9.53. The molecule has 0 spiro atoms. The van der Waals surface area contributed by atoms with Crippen molar-refractivity contribution in [3.8, 4) is 0 Å². The van der Waals surface area contributed by atoms with Crippen molar-refractivity contribution >= 4 is 11.9 Å². The Labute approximate surface area is 95.2 Å². The van der Waals surface area contributed by atoms with E-state index in [0.717, 1.165) is 19.3 Å². The summed E-state index contributed by atoms with van der Waals surface area (Å²) in [5.41, 5.74) is 0.184. The smallest absolute Gasteiger partial charge is 0.313 e. The third-order valence-electron chi connectivity index (χ3n) is 2.25. The molecule has 5 nitrogen and oxygen atoms in total. The molecule has 1 aliphatic heterocycles. The van der Waals surface area contributed by atoms with Gasteiger partial charge in [-0.05, 0) is 19.3 Å². The molecule has 3 N–H and O–H groups in total. The molecule has 0 aliphatic carbocycles. The Hall–Kier alpha value is -1.32. The highest BCUT2D eigenvalue weighted by Gasteiger charge is 2.25. The molecule has 0 saturated carbocycles. The summed E-state index contributed by atoms with van der Waals surface area (Å²) in [4.78, 5) is 20.7. The molecule has 1 heterocycles. The Kier molecular flexibility index (Phi) is 8.21. The molecule has 1 atom stereocenters. The minimum atomic E-state index is -0.949. The van der Waals surface area contributed by atoms with Crippen molar-refractivity contribution in [3.63, 3.8) is 0 Å². The van der Waals surface area contributed by atoms with Gasteiger partial charge in [0.05, 0.1) is 0 Å². The van der Waals surface area contributed by atoms with Gasteiger partial charge in [-0.1, -0.05) is 13.3 Å². The number of carbonyl (C=O) groups is 1. The lowest BCUT2D eigenvalue weighted by Gasteiger charge is -2.20. The highest BCUT2D eigenvalue weighted by Crippen LogP contribution is 2.17. The van der Waals surface area contributed by atoms with E-state index in [1.807, 2.05) is 0 Å². The zero-order chi connectivity index (χ0) is 12.4. The first-order valence-electron chi connectivity index (χ1n) is 5.49. The van der Waals surface area contributed by atoms with Gasteiger partial charge in [0.2, 0.25) is 0 Å². The van der Waals surface area contributed by atoms with Gasteiger partial charge >= 0.3 is 5.97 Å². The maximum absolute atomic E-state index is 10.5. The maximum Gasteiger partial charge on any atom is 0.313 e. The number of carboxylic acid groups (broad SMARTS) is 1. The molecular formula is C11H19NO4. The van der Waals surface area contributed by atoms with Crippen LogP contribution in [0.5, 0.6) is 0 Å². The Morgan fingerprint density at radius 1 is 1.62 bits per heavy atom. The van der Waals surface area contributed by atoms with Crippen LogP contribution in [0.1, 0.15) is 32.6 Å².